The first-order valence-corrected chi connectivity index (χ1v) is 14.3. The van der Waals surface area contributed by atoms with Crippen LogP contribution in [0.3, 0.4) is 0 Å². The third-order valence-electron chi connectivity index (χ3n) is 7.70. The third kappa shape index (κ3) is 6.72. The molecular formula is C31H40N8O3. The van der Waals surface area contributed by atoms with Gasteiger partial charge in [0.15, 0.2) is 0 Å². The first-order chi connectivity index (χ1) is 20.0. The van der Waals surface area contributed by atoms with Gasteiger partial charge in [0.25, 0.3) is 0 Å². The van der Waals surface area contributed by atoms with E-state index in [-0.39, 0.29) is 11.5 Å². The summed E-state index contributed by atoms with van der Waals surface area (Å²) in [6.07, 6.45) is 5.06. The lowest BCUT2D eigenvalue weighted by Crippen LogP contribution is -2.46. The van der Waals surface area contributed by atoms with E-state index in [4.69, 9.17) is 19.4 Å². The van der Waals surface area contributed by atoms with E-state index >= 15 is 0 Å². The molecule has 4 aromatic rings. The lowest BCUT2D eigenvalue weighted by molar-refractivity contribution is 0.0495. The molecule has 0 atom stereocenters. The van der Waals surface area contributed by atoms with Crippen LogP contribution in [0.25, 0.3) is 22.4 Å². The smallest absolute Gasteiger partial charge is 0.407 e. The van der Waals surface area contributed by atoms with E-state index < -0.39 is 5.60 Å². The SMILES string of the molecule is COc1ccc(CNc2nccc(-c3[nH]nc4nc(N5CCC(C)(CNC(=O)OC(C)(C)C)CC5)cnc34)c2C)cc1. The van der Waals surface area contributed by atoms with Gasteiger partial charge in [0.1, 0.15) is 28.5 Å². The maximum Gasteiger partial charge on any atom is 0.407 e. The number of piperidine rings is 1. The number of methoxy groups -OCH3 is 1. The zero-order valence-corrected chi connectivity index (χ0v) is 25.2. The molecule has 11 heteroatoms. The summed E-state index contributed by atoms with van der Waals surface area (Å²) >= 11 is 0. The minimum Gasteiger partial charge on any atom is -0.497 e. The lowest BCUT2D eigenvalue weighted by Gasteiger charge is -2.39. The highest BCUT2D eigenvalue weighted by atomic mass is 16.6. The molecular weight excluding hydrogens is 532 g/mol. The molecule has 222 valence electrons. The number of hydrogen-bond acceptors (Lipinski definition) is 9. The molecule has 1 aromatic carbocycles. The second-order valence-electron chi connectivity index (χ2n) is 12.2. The molecule has 5 rings (SSSR count). The lowest BCUT2D eigenvalue weighted by atomic mass is 9.80. The highest BCUT2D eigenvalue weighted by molar-refractivity contribution is 5.89. The quantitative estimate of drug-likeness (QED) is 0.251. The number of pyridine rings is 1. The van der Waals surface area contributed by atoms with Crippen molar-refractivity contribution in [2.75, 3.05) is 37.0 Å². The van der Waals surface area contributed by atoms with E-state index in [1.165, 1.54) is 0 Å². The van der Waals surface area contributed by atoms with Gasteiger partial charge in [0.05, 0.1) is 19.0 Å². The number of alkyl carbamates (subject to hydrolysis) is 1. The Morgan fingerprint density at radius 3 is 2.55 bits per heavy atom. The number of aromatic nitrogens is 5. The normalized spacial score (nSPS) is 15.0. The van der Waals surface area contributed by atoms with Gasteiger partial charge in [-0.3, -0.25) is 5.10 Å². The monoisotopic (exact) mass is 572 g/mol. The molecule has 1 aliphatic heterocycles. The molecule has 0 aliphatic carbocycles. The molecule has 0 bridgehead atoms. The van der Waals surface area contributed by atoms with Crippen LogP contribution in [0.2, 0.25) is 0 Å². The van der Waals surface area contributed by atoms with Gasteiger partial charge in [-0.05, 0) is 69.7 Å². The number of anilines is 2. The Morgan fingerprint density at radius 1 is 1.12 bits per heavy atom. The van der Waals surface area contributed by atoms with Crippen molar-refractivity contribution in [2.24, 2.45) is 5.41 Å². The molecule has 1 aliphatic rings. The van der Waals surface area contributed by atoms with Crippen LogP contribution < -0.4 is 20.3 Å². The van der Waals surface area contributed by atoms with E-state index in [1.54, 1.807) is 13.3 Å². The second-order valence-corrected chi connectivity index (χ2v) is 12.2. The first-order valence-electron chi connectivity index (χ1n) is 14.3. The van der Waals surface area contributed by atoms with Crippen molar-refractivity contribution in [3.05, 3.63) is 53.9 Å². The highest BCUT2D eigenvalue weighted by Crippen LogP contribution is 2.34. The molecule has 1 fully saturated rings. The van der Waals surface area contributed by atoms with Gasteiger partial charge in [0.2, 0.25) is 5.65 Å². The van der Waals surface area contributed by atoms with Crippen molar-refractivity contribution < 1.29 is 14.3 Å². The van der Waals surface area contributed by atoms with E-state index in [2.05, 4.69) is 37.6 Å². The number of fused-ring (bicyclic) bond motifs is 1. The van der Waals surface area contributed by atoms with E-state index in [0.717, 1.165) is 71.2 Å². The summed E-state index contributed by atoms with van der Waals surface area (Å²) in [5, 5.41) is 14.0. The Hall–Kier alpha value is -4.41. The Morgan fingerprint density at radius 2 is 1.86 bits per heavy atom. The van der Waals surface area contributed by atoms with Crippen molar-refractivity contribution >= 4 is 28.9 Å². The number of H-pyrrole nitrogens is 1. The van der Waals surface area contributed by atoms with Crippen LogP contribution in [0, 0.1) is 12.3 Å². The summed E-state index contributed by atoms with van der Waals surface area (Å²) in [6, 6.07) is 9.93. The van der Waals surface area contributed by atoms with Gasteiger partial charge in [-0.25, -0.2) is 19.7 Å². The topological polar surface area (TPSA) is 130 Å². The third-order valence-corrected chi connectivity index (χ3v) is 7.70. The van der Waals surface area contributed by atoms with Crippen LogP contribution in [0.5, 0.6) is 5.75 Å². The number of nitrogens with one attached hydrogen (secondary N) is 3. The molecule has 3 N–H and O–H groups in total. The molecule has 0 radical (unpaired) electrons. The van der Waals surface area contributed by atoms with Gasteiger partial charge in [-0.15, -0.1) is 0 Å². The fourth-order valence-corrected chi connectivity index (χ4v) is 5.09. The molecule has 4 heterocycles. The minimum atomic E-state index is -0.509. The highest BCUT2D eigenvalue weighted by Gasteiger charge is 2.32. The first kappa shape index (κ1) is 29.1. The standard InChI is InChI=1S/C31H40N8O3/c1-20-23(11-14-32-27(20)34-17-21-7-9-22(41-6)10-8-21)25-26-28(38-37-25)36-24(18-33-26)39-15-12-31(5,13-16-39)19-35-29(40)42-30(2,3)4/h7-11,14,18H,12-13,15-17,19H2,1-6H3,(H,32,34)(H,35,40)(H,36,37,38). The van der Waals surface area contributed by atoms with Crippen LogP contribution in [-0.4, -0.2) is 63.6 Å². The van der Waals surface area contributed by atoms with Crippen LogP contribution in [0.1, 0.15) is 51.7 Å². The largest absolute Gasteiger partial charge is 0.497 e. The summed E-state index contributed by atoms with van der Waals surface area (Å²) < 4.78 is 10.6. The summed E-state index contributed by atoms with van der Waals surface area (Å²) in [6.45, 7) is 12.7. The molecule has 0 spiro atoms. The fraction of sp³-hybridized carbons (Fsp3) is 0.452. The number of carbonyl (C=O) groups excluding carboxylic acids is 1. The van der Waals surface area contributed by atoms with Gasteiger partial charge < -0.3 is 25.0 Å². The van der Waals surface area contributed by atoms with Gasteiger partial charge in [-0.1, -0.05) is 19.1 Å². The maximum absolute atomic E-state index is 12.1. The van der Waals surface area contributed by atoms with Crippen molar-refractivity contribution in [1.29, 1.82) is 0 Å². The van der Waals surface area contributed by atoms with Gasteiger partial charge >= 0.3 is 6.09 Å². The van der Waals surface area contributed by atoms with Gasteiger partial charge in [-0.2, -0.15) is 5.10 Å². The zero-order valence-electron chi connectivity index (χ0n) is 25.2. The summed E-state index contributed by atoms with van der Waals surface area (Å²) in [5.41, 5.74) is 4.69. The van der Waals surface area contributed by atoms with Crippen LogP contribution in [-0.2, 0) is 11.3 Å². The molecule has 0 unspecified atom stereocenters. The molecule has 42 heavy (non-hydrogen) atoms. The number of nitrogens with zero attached hydrogens (tertiary/aromatic N) is 5. The van der Waals surface area contributed by atoms with Crippen molar-refractivity contribution in [2.45, 2.75) is 59.6 Å². The molecule has 3 aromatic heterocycles. The Balaban J connectivity index is 1.24. The summed E-state index contributed by atoms with van der Waals surface area (Å²) in [4.78, 5) is 28.5. The molecule has 11 nitrogen and oxygen atoms in total. The molecule has 0 saturated carbocycles. The number of carbonyl (C=O) groups is 1. The predicted octanol–water partition coefficient (Wildman–Crippen LogP) is 5.48. The average Bonchev–Trinajstić information content (AvgIpc) is 3.38. The zero-order chi connectivity index (χ0) is 29.9. The second kappa shape index (κ2) is 11.8. The number of rotatable bonds is 8. The molecule has 1 saturated heterocycles. The number of aromatic amines is 1. The Labute approximate surface area is 246 Å². The maximum atomic E-state index is 12.1. The predicted molar refractivity (Wildman–Crippen MR) is 164 cm³/mol. The minimum absolute atomic E-state index is 0.0115. The number of amides is 1. The van der Waals surface area contributed by atoms with Crippen molar-refractivity contribution in [1.82, 2.24) is 30.5 Å². The number of benzene rings is 1. The number of hydrogen-bond donors (Lipinski definition) is 3. The van der Waals surface area contributed by atoms with Crippen molar-refractivity contribution in [3.8, 4) is 17.0 Å². The Bertz CT molecular complexity index is 1540. The van der Waals surface area contributed by atoms with Crippen LogP contribution >= 0.6 is 0 Å². The Kier molecular flexibility index (Phi) is 8.20. The van der Waals surface area contributed by atoms with Gasteiger partial charge in [0, 0.05) is 43.5 Å². The summed E-state index contributed by atoms with van der Waals surface area (Å²) in [7, 11) is 1.66. The van der Waals surface area contributed by atoms with Crippen molar-refractivity contribution in [3.63, 3.8) is 0 Å². The van der Waals surface area contributed by atoms with E-state index in [1.807, 2.05) is 64.2 Å². The number of ether oxygens (including phenoxy) is 2. The van der Waals surface area contributed by atoms with E-state index in [9.17, 15) is 4.79 Å². The average molecular weight is 573 g/mol. The van der Waals surface area contributed by atoms with Crippen LogP contribution in [0.15, 0.2) is 42.7 Å². The fourth-order valence-electron chi connectivity index (χ4n) is 5.09. The van der Waals surface area contributed by atoms with E-state index in [0.29, 0.717) is 18.7 Å². The van der Waals surface area contributed by atoms with Crippen LogP contribution in [0.4, 0.5) is 16.4 Å². The summed E-state index contributed by atoms with van der Waals surface area (Å²) in [5.74, 6) is 2.43. The molecule has 1 amide bonds.